The number of amides is 1. The Balaban J connectivity index is 2.13. The molecular weight excluding hydrogens is 322 g/mol. The third kappa shape index (κ3) is 1.91. The van der Waals surface area contributed by atoms with Crippen LogP contribution < -0.4 is 4.90 Å². The highest BCUT2D eigenvalue weighted by atomic mass is 79.9. The van der Waals surface area contributed by atoms with E-state index in [1.165, 1.54) is 0 Å². The molecule has 108 valence electrons. The smallest absolute Gasteiger partial charge is 0.292 e. The van der Waals surface area contributed by atoms with Crippen molar-refractivity contribution in [3.05, 3.63) is 28.8 Å². The van der Waals surface area contributed by atoms with Crippen LogP contribution in [0.15, 0.2) is 12.1 Å². The Labute approximate surface area is 127 Å². The standard InChI is InChI=1S/C15H18BrNO3/c1-10-8-11(2)13-12(9-10)15(19-6-7-20-15)14(18)17(13)5-3-4-16/h8-9H,3-7H2,1-2H3. The summed E-state index contributed by atoms with van der Waals surface area (Å²) in [7, 11) is 0. The number of halogens is 1. The molecule has 2 heterocycles. The molecule has 0 aromatic heterocycles. The van der Waals surface area contributed by atoms with E-state index in [9.17, 15) is 4.79 Å². The number of hydrogen-bond donors (Lipinski definition) is 0. The van der Waals surface area contributed by atoms with Gasteiger partial charge in [-0.05, 0) is 31.9 Å². The summed E-state index contributed by atoms with van der Waals surface area (Å²) < 4.78 is 11.5. The molecule has 1 aromatic rings. The maximum absolute atomic E-state index is 12.8. The first-order chi connectivity index (χ1) is 9.60. The Kier molecular flexibility index (Phi) is 3.60. The molecule has 4 nitrogen and oxygen atoms in total. The lowest BCUT2D eigenvalue weighted by Crippen LogP contribution is -2.41. The minimum absolute atomic E-state index is 0.0837. The summed E-state index contributed by atoms with van der Waals surface area (Å²) >= 11 is 3.42. The quantitative estimate of drug-likeness (QED) is 0.794. The van der Waals surface area contributed by atoms with Gasteiger partial charge in [-0.3, -0.25) is 4.79 Å². The Morgan fingerprint density at radius 1 is 1.30 bits per heavy atom. The molecule has 20 heavy (non-hydrogen) atoms. The van der Waals surface area contributed by atoms with Crippen LogP contribution in [0.25, 0.3) is 0 Å². The number of anilines is 1. The van der Waals surface area contributed by atoms with Crippen LogP contribution >= 0.6 is 15.9 Å². The summed E-state index contributed by atoms with van der Waals surface area (Å²) in [5, 5.41) is 0.867. The van der Waals surface area contributed by atoms with Gasteiger partial charge in [-0.2, -0.15) is 0 Å². The summed E-state index contributed by atoms with van der Waals surface area (Å²) in [4.78, 5) is 14.6. The zero-order valence-electron chi connectivity index (χ0n) is 11.7. The Morgan fingerprint density at radius 2 is 2.00 bits per heavy atom. The van der Waals surface area contributed by atoms with E-state index in [0.29, 0.717) is 19.8 Å². The summed E-state index contributed by atoms with van der Waals surface area (Å²) in [5.41, 5.74) is 4.05. The van der Waals surface area contributed by atoms with Gasteiger partial charge in [0.2, 0.25) is 0 Å². The van der Waals surface area contributed by atoms with Crippen molar-refractivity contribution in [1.82, 2.24) is 0 Å². The molecule has 1 amide bonds. The minimum atomic E-state index is -1.20. The number of nitrogens with zero attached hydrogens (tertiary/aromatic N) is 1. The van der Waals surface area contributed by atoms with Crippen molar-refractivity contribution in [3.63, 3.8) is 0 Å². The molecule has 0 N–H and O–H groups in total. The van der Waals surface area contributed by atoms with Gasteiger partial charge in [0.05, 0.1) is 18.9 Å². The number of carbonyl (C=O) groups excluding carboxylic acids is 1. The molecule has 1 spiro atoms. The van der Waals surface area contributed by atoms with Gasteiger partial charge in [0.25, 0.3) is 11.7 Å². The normalized spacial score (nSPS) is 19.9. The van der Waals surface area contributed by atoms with E-state index in [1.54, 1.807) is 0 Å². The van der Waals surface area contributed by atoms with Crippen LogP contribution in [0.5, 0.6) is 0 Å². The monoisotopic (exact) mass is 339 g/mol. The number of ether oxygens (including phenoxy) is 2. The molecule has 1 saturated heterocycles. The molecule has 0 atom stereocenters. The summed E-state index contributed by atoms with van der Waals surface area (Å²) in [6.45, 7) is 5.67. The zero-order valence-corrected chi connectivity index (χ0v) is 13.3. The second-order valence-corrected chi connectivity index (χ2v) is 6.08. The predicted octanol–water partition coefficient (Wildman–Crippen LogP) is 2.63. The van der Waals surface area contributed by atoms with Gasteiger partial charge in [0, 0.05) is 17.4 Å². The average Bonchev–Trinajstić information content (AvgIpc) is 2.97. The number of alkyl halides is 1. The van der Waals surface area contributed by atoms with Gasteiger partial charge in [0.1, 0.15) is 0 Å². The maximum atomic E-state index is 12.8. The van der Waals surface area contributed by atoms with Gasteiger partial charge in [-0.1, -0.05) is 27.6 Å². The van der Waals surface area contributed by atoms with Crippen LogP contribution in [0.3, 0.4) is 0 Å². The fourth-order valence-corrected chi connectivity index (χ4v) is 3.34. The maximum Gasteiger partial charge on any atom is 0.292 e. The van der Waals surface area contributed by atoms with E-state index in [0.717, 1.165) is 34.1 Å². The van der Waals surface area contributed by atoms with Crippen LogP contribution in [0.2, 0.25) is 0 Å². The number of aryl methyl sites for hydroxylation is 2. The summed E-state index contributed by atoms with van der Waals surface area (Å²) in [6, 6.07) is 4.11. The number of hydrogen-bond acceptors (Lipinski definition) is 3. The lowest BCUT2D eigenvalue weighted by molar-refractivity contribution is -0.180. The van der Waals surface area contributed by atoms with Crippen LogP contribution in [0.4, 0.5) is 5.69 Å². The van der Waals surface area contributed by atoms with Crippen LogP contribution in [0, 0.1) is 13.8 Å². The molecule has 5 heteroatoms. The first kappa shape index (κ1) is 14.0. The van der Waals surface area contributed by atoms with E-state index in [1.807, 2.05) is 24.8 Å². The second-order valence-electron chi connectivity index (χ2n) is 5.29. The van der Waals surface area contributed by atoms with Gasteiger partial charge in [-0.25, -0.2) is 0 Å². The SMILES string of the molecule is Cc1cc(C)c2c(c1)C1(OCCO1)C(=O)N2CCCBr. The molecule has 0 radical (unpaired) electrons. The van der Waals surface area contributed by atoms with Crippen molar-refractivity contribution in [3.8, 4) is 0 Å². The molecule has 0 saturated carbocycles. The molecule has 2 aliphatic rings. The highest BCUT2D eigenvalue weighted by Crippen LogP contribution is 2.47. The number of fused-ring (bicyclic) bond motifs is 2. The van der Waals surface area contributed by atoms with Crippen molar-refractivity contribution in [2.75, 3.05) is 30.0 Å². The average molecular weight is 340 g/mol. The van der Waals surface area contributed by atoms with Crippen molar-refractivity contribution in [1.29, 1.82) is 0 Å². The molecular formula is C15H18BrNO3. The van der Waals surface area contributed by atoms with Crippen LogP contribution in [-0.2, 0) is 20.1 Å². The lowest BCUT2D eigenvalue weighted by atomic mass is 10.0. The number of carbonyl (C=O) groups is 1. The van der Waals surface area contributed by atoms with Crippen molar-refractivity contribution in [2.45, 2.75) is 26.1 Å². The van der Waals surface area contributed by atoms with Gasteiger partial charge in [0.15, 0.2) is 0 Å². The van der Waals surface area contributed by atoms with E-state index in [4.69, 9.17) is 9.47 Å². The predicted molar refractivity (Wildman–Crippen MR) is 80.3 cm³/mol. The Morgan fingerprint density at radius 3 is 2.65 bits per heavy atom. The Hall–Kier alpha value is -0.910. The number of rotatable bonds is 3. The summed E-state index contributed by atoms with van der Waals surface area (Å²) in [6.07, 6.45) is 0.897. The molecule has 0 unspecified atom stereocenters. The lowest BCUT2D eigenvalue weighted by Gasteiger charge is -2.22. The summed E-state index contributed by atoms with van der Waals surface area (Å²) in [5.74, 6) is -1.28. The fourth-order valence-electron chi connectivity index (χ4n) is 3.09. The molecule has 2 aliphatic heterocycles. The fraction of sp³-hybridized carbons (Fsp3) is 0.533. The van der Waals surface area contributed by atoms with Crippen molar-refractivity contribution < 1.29 is 14.3 Å². The minimum Gasteiger partial charge on any atom is -0.336 e. The van der Waals surface area contributed by atoms with E-state index < -0.39 is 5.79 Å². The Bertz CT molecular complexity index is 552. The second kappa shape index (κ2) is 5.13. The van der Waals surface area contributed by atoms with Crippen molar-refractivity contribution in [2.24, 2.45) is 0 Å². The van der Waals surface area contributed by atoms with Gasteiger partial charge >= 0.3 is 0 Å². The molecule has 1 fully saturated rings. The largest absolute Gasteiger partial charge is 0.336 e. The van der Waals surface area contributed by atoms with E-state index in [2.05, 4.69) is 22.0 Å². The molecule has 1 aromatic carbocycles. The topological polar surface area (TPSA) is 38.8 Å². The van der Waals surface area contributed by atoms with Crippen LogP contribution in [-0.4, -0.2) is 31.0 Å². The highest BCUT2D eigenvalue weighted by molar-refractivity contribution is 9.09. The van der Waals surface area contributed by atoms with E-state index >= 15 is 0 Å². The van der Waals surface area contributed by atoms with Gasteiger partial charge < -0.3 is 14.4 Å². The number of benzene rings is 1. The van der Waals surface area contributed by atoms with Gasteiger partial charge in [-0.15, -0.1) is 0 Å². The molecule has 0 bridgehead atoms. The highest BCUT2D eigenvalue weighted by Gasteiger charge is 2.56. The van der Waals surface area contributed by atoms with E-state index in [-0.39, 0.29) is 5.91 Å². The zero-order chi connectivity index (χ0) is 14.3. The first-order valence-electron chi connectivity index (χ1n) is 6.88. The third-order valence-corrected chi connectivity index (χ3v) is 4.37. The van der Waals surface area contributed by atoms with Crippen LogP contribution in [0.1, 0.15) is 23.1 Å². The third-order valence-electron chi connectivity index (χ3n) is 3.81. The molecule has 0 aliphatic carbocycles. The first-order valence-corrected chi connectivity index (χ1v) is 8.00. The van der Waals surface area contributed by atoms with Crippen molar-refractivity contribution >= 4 is 27.5 Å². The molecule has 3 rings (SSSR count).